The lowest BCUT2D eigenvalue weighted by Crippen LogP contribution is -2.44. The van der Waals surface area contributed by atoms with E-state index in [-0.39, 0.29) is 8.55 Å². The van der Waals surface area contributed by atoms with E-state index in [0.29, 0.717) is 24.2 Å². The first-order valence-electron chi connectivity index (χ1n) is 5.69. The summed E-state index contributed by atoms with van der Waals surface area (Å²) >= 11 is 6.26. The highest BCUT2D eigenvalue weighted by atomic mass is 35.5. The Morgan fingerprint density at radius 2 is 2.10 bits per heavy atom. The second-order valence-electron chi connectivity index (χ2n) is 4.49. The molecule has 2 rings (SSSR count). The van der Waals surface area contributed by atoms with Gasteiger partial charge in [-0.15, -0.1) is 11.3 Å². The third kappa shape index (κ3) is 2.78. The summed E-state index contributed by atoms with van der Waals surface area (Å²) in [6.45, 7) is 0. The van der Waals surface area contributed by atoms with Crippen molar-refractivity contribution in [3.8, 4) is 6.07 Å². The fraction of sp³-hybridized carbons (Fsp3) is 0.500. The molecule has 10 heteroatoms. The average molecular weight is 336 g/mol. The van der Waals surface area contributed by atoms with Gasteiger partial charge in [0.05, 0.1) is 11.0 Å². The zero-order chi connectivity index (χ0) is 15.0. The maximum atomic E-state index is 12.2. The van der Waals surface area contributed by atoms with E-state index >= 15 is 0 Å². The Kier molecular flexibility index (Phi) is 4.02. The number of hydrogen-bond donors (Lipinski definition) is 1. The number of thiophene rings is 1. The number of nitrogens with one attached hydrogen (secondary N) is 1. The molecule has 0 saturated heterocycles. The van der Waals surface area contributed by atoms with Crippen molar-refractivity contribution in [2.24, 2.45) is 0 Å². The first-order chi connectivity index (χ1) is 9.30. The van der Waals surface area contributed by atoms with Crippen molar-refractivity contribution < 1.29 is 13.3 Å². The van der Waals surface area contributed by atoms with Crippen LogP contribution in [0.2, 0.25) is 4.34 Å². The monoisotopic (exact) mass is 335 g/mol. The van der Waals surface area contributed by atoms with Gasteiger partial charge in [0.2, 0.25) is 0 Å². The molecule has 0 aliphatic heterocycles. The number of nitriles is 1. The molecule has 1 heterocycles. The first kappa shape index (κ1) is 15.2. The van der Waals surface area contributed by atoms with Gasteiger partial charge in [-0.05, 0) is 12.8 Å². The lowest BCUT2D eigenvalue weighted by atomic mass is 10.0. The number of sulfonamides is 1. The zero-order valence-corrected chi connectivity index (χ0v) is 12.5. The molecule has 1 aromatic rings. The molecule has 0 aromatic carbocycles. The van der Waals surface area contributed by atoms with Crippen molar-refractivity contribution in [2.45, 2.75) is 35.4 Å². The fourth-order valence-corrected chi connectivity index (χ4v) is 5.16. The van der Waals surface area contributed by atoms with Gasteiger partial charge >= 0.3 is 0 Å². The Balaban J connectivity index is 2.34. The Hall–Kier alpha value is -1.21. The van der Waals surface area contributed by atoms with E-state index in [1.165, 1.54) is 0 Å². The van der Waals surface area contributed by atoms with Crippen LogP contribution in [0.3, 0.4) is 0 Å². The second-order valence-corrected chi connectivity index (χ2v) is 8.05. The quantitative estimate of drug-likeness (QED) is 0.670. The first-order valence-corrected chi connectivity index (χ1v) is 8.36. The highest BCUT2D eigenvalue weighted by Crippen LogP contribution is 2.37. The van der Waals surface area contributed by atoms with Crippen LogP contribution in [-0.4, -0.2) is 18.9 Å². The van der Waals surface area contributed by atoms with E-state index in [9.17, 15) is 18.5 Å². The van der Waals surface area contributed by atoms with Gasteiger partial charge in [0.25, 0.3) is 15.7 Å². The number of hydrogen-bond acceptors (Lipinski definition) is 6. The Bertz CT molecular complexity index is 686. The van der Waals surface area contributed by atoms with Crippen LogP contribution in [0.15, 0.2) is 10.3 Å². The van der Waals surface area contributed by atoms with Gasteiger partial charge in [0.1, 0.15) is 9.75 Å². The Morgan fingerprint density at radius 1 is 1.50 bits per heavy atom. The molecule has 0 atom stereocenters. The lowest BCUT2D eigenvalue weighted by Gasteiger charge is -2.20. The van der Waals surface area contributed by atoms with Crippen molar-refractivity contribution in [1.82, 2.24) is 4.72 Å². The fourth-order valence-electron chi connectivity index (χ4n) is 2.12. The van der Waals surface area contributed by atoms with Gasteiger partial charge in [-0.25, -0.2) is 8.42 Å². The highest BCUT2D eigenvalue weighted by Gasteiger charge is 2.39. The molecule has 1 aliphatic carbocycles. The molecule has 0 unspecified atom stereocenters. The van der Waals surface area contributed by atoms with Crippen LogP contribution in [0.5, 0.6) is 0 Å². The standard InChI is InChI=1S/C10H10ClN3O4S2/c11-9-7(14(15)16)5-8(19-9)20(17,18)13-10(6-12)3-1-2-4-10/h5,13H,1-4H2. The number of nitrogens with zero attached hydrogens (tertiary/aromatic N) is 2. The summed E-state index contributed by atoms with van der Waals surface area (Å²) < 4.78 is 26.3. The molecule has 20 heavy (non-hydrogen) atoms. The molecule has 0 spiro atoms. The van der Waals surface area contributed by atoms with Crippen molar-refractivity contribution in [2.75, 3.05) is 0 Å². The largest absolute Gasteiger partial charge is 0.300 e. The smallest absolute Gasteiger partial charge is 0.258 e. The van der Waals surface area contributed by atoms with Gasteiger partial charge < -0.3 is 0 Å². The molecular weight excluding hydrogens is 326 g/mol. The van der Waals surface area contributed by atoms with E-state index in [4.69, 9.17) is 16.9 Å². The normalized spacial score (nSPS) is 17.8. The molecule has 1 fully saturated rings. The Labute approximate surface area is 124 Å². The summed E-state index contributed by atoms with van der Waals surface area (Å²) in [4.78, 5) is 9.94. The van der Waals surface area contributed by atoms with Crippen LogP contribution in [0.25, 0.3) is 0 Å². The summed E-state index contributed by atoms with van der Waals surface area (Å²) in [6.07, 6.45) is 2.40. The molecular formula is C10H10ClN3O4S2. The maximum Gasteiger partial charge on any atom is 0.300 e. The van der Waals surface area contributed by atoms with Gasteiger partial charge in [-0.3, -0.25) is 10.1 Å². The molecule has 1 N–H and O–H groups in total. The van der Waals surface area contributed by atoms with E-state index < -0.39 is 26.2 Å². The summed E-state index contributed by atoms with van der Waals surface area (Å²) in [5.74, 6) is 0. The third-order valence-electron chi connectivity index (χ3n) is 3.11. The van der Waals surface area contributed by atoms with E-state index in [0.717, 1.165) is 18.9 Å². The predicted molar refractivity (Wildman–Crippen MR) is 73.1 cm³/mol. The zero-order valence-electron chi connectivity index (χ0n) is 10.1. The molecule has 0 amide bonds. The molecule has 0 radical (unpaired) electrons. The molecule has 7 nitrogen and oxygen atoms in total. The number of rotatable bonds is 4. The lowest BCUT2D eigenvalue weighted by molar-refractivity contribution is -0.384. The average Bonchev–Trinajstić information content (AvgIpc) is 2.96. The van der Waals surface area contributed by atoms with E-state index in [2.05, 4.69) is 4.72 Å². The third-order valence-corrected chi connectivity index (χ3v) is 6.46. The Morgan fingerprint density at radius 3 is 2.55 bits per heavy atom. The highest BCUT2D eigenvalue weighted by molar-refractivity contribution is 7.91. The van der Waals surface area contributed by atoms with Crippen LogP contribution in [-0.2, 0) is 10.0 Å². The minimum absolute atomic E-state index is 0.201. The van der Waals surface area contributed by atoms with Crippen LogP contribution in [0, 0.1) is 21.4 Å². The maximum absolute atomic E-state index is 12.2. The minimum atomic E-state index is -3.99. The number of nitro groups is 1. The van der Waals surface area contributed by atoms with Crippen molar-refractivity contribution >= 4 is 38.6 Å². The summed E-state index contributed by atoms with van der Waals surface area (Å²) in [5, 5.41) is 19.9. The van der Waals surface area contributed by atoms with Gasteiger partial charge in [0.15, 0.2) is 4.34 Å². The summed E-state index contributed by atoms with van der Waals surface area (Å²) in [7, 11) is -3.99. The van der Waals surface area contributed by atoms with Crippen LogP contribution in [0.1, 0.15) is 25.7 Å². The van der Waals surface area contributed by atoms with E-state index in [1.807, 2.05) is 6.07 Å². The summed E-state index contributed by atoms with van der Waals surface area (Å²) in [6, 6.07) is 2.91. The molecule has 108 valence electrons. The SMILES string of the molecule is N#CC1(NS(=O)(=O)c2cc([N+](=O)[O-])c(Cl)s2)CCCC1. The molecule has 1 saturated carbocycles. The summed E-state index contributed by atoms with van der Waals surface area (Å²) in [5.41, 5.74) is -1.57. The van der Waals surface area contributed by atoms with Crippen molar-refractivity contribution in [1.29, 1.82) is 5.26 Å². The molecule has 1 aliphatic rings. The van der Waals surface area contributed by atoms with E-state index in [1.54, 1.807) is 0 Å². The van der Waals surface area contributed by atoms with Crippen molar-refractivity contribution in [3.63, 3.8) is 0 Å². The van der Waals surface area contributed by atoms with Gasteiger partial charge in [-0.2, -0.15) is 9.98 Å². The number of halogens is 1. The van der Waals surface area contributed by atoms with Crippen LogP contribution < -0.4 is 4.72 Å². The second kappa shape index (κ2) is 5.29. The topological polar surface area (TPSA) is 113 Å². The van der Waals surface area contributed by atoms with Crippen LogP contribution >= 0.6 is 22.9 Å². The van der Waals surface area contributed by atoms with Gasteiger partial charge in [0, 0.05) is 6.07 Å². The van der Waals surface area contributed by atoms with Crippen LogP contribution in [0.4, 0.5) is 5.69 Å². The molecule has 0 bridgehead atoms. The molecule has 1 aromatic heterocycles. The van der Waals surface area contributed by atoms with Gasteiger partial charge in [-0.1, -0.05) is 24.4 Å². The van der Waals surface area contributed by atoms with Crippen molar-refractivity contribution in [3.05, 3.63) is 20.5 Å². The minimum Gasteiger partial charge on any atom is -0.258 e. The predicted octanol–water partition coefficient (Wildman–Crippen LogP) is 2.42.